The van der Waals surface area contributed by atoms with Crippen LogP contribution in [-0.2, 0) is 19.8 Å². The molecule has 0 spiro atoms. The SMILES string of the molecule is Cc1ccc(CN)cc1-c1ccc(OCc2ccccc2)nc1OCc1ccccc1.Cl. The molecule has 3 aromatic carbocycles. The molecule has 4 aromatic rings. The maximum Gasteiger partial charge on any atom is 0.225 e. The van der Waals surface area contributed by atoms with Gasteiger partial charge in [-0.2, -0.15) is 4.98 Å². The second-order valence-corrected chi connectivity index (χ2v) is 7.40. The van der Waals surface area contributed by atoms with E-state index >= 15 is 0 Å². The molecule has 0 aliphatic rings. The van der Waals surface area contributed by atoms with Gasteiger partial charge in [0.05, 0.1) is 0 Å². The van der Waals surface area contributed by atoms with Crippen molar-refractivity contribution in [1.82, 2.24) is 4.98 Å². The van der Waals surface area contributed by atoms with E-state index in [1.165, 1.54) is 0 Å². The molecule has 5 heteroatoms. The first kappa shape index (κ1) is 23.3. The highest BCUT2D eigenvalue weighted by Gasteiger charge is 2.14. The van der Waals surface area contributed by atoms with Gasteiger partial charge in [-0.3, -0.25) is 0 Å². The lowest BCUT2D eigenvalue weighted by Crippen LogP contribution is -2.03. The van der Waals surface area contributed by atoms with E-state index in [0.717, 1.165) is 33.4 Å². The van der Waals surface area contributed by atoms with Crippen molar-refractivity contribution in [3.63, 3.8) is 0 Å². The summed E-state index contributed by atoms with van der Waals surface area (Å²) in [5.41, 5.74) is 12.2. The molecule has 2 N–H and O–H groups in total. The molecule has 4 nitrogen and oxygen atoms in total. The summed E-state index contributed by atoms with van der Waals surface area (Å²) in [5, 5.41) is 0. The number of halogens is 1. The van der Waals surface area contributed by atoms with Crippen LogP contribution in [0.2, 0.25) is 0 Å². The summed E-state index contributed by atoms with van der Waals surface area (Å²) in [4.78, 5) is 4.70. The smallest absolute Gasteiger partial charge is 0.225 e. The minimum Gasteiger partial charge on any atom is -0.473 e. The summed E-state index contributed by atoms with van der Waals surface area (Å²) < 4.78 is 12.1. The standard InChI is InChI=1S/C27H26N2O2.ClH/c1-20-12-13-23(17-28)16-25(20)24-14-15-26(30-18-21-8-4-2-5-9-21)29-27(24)31-19-22-10-6-3-7-11-22;/h2-16H,17-19,28H2,1H3;1H. The average Bonchev–Trinajstić information content (AvgIpc) is 2.83. The molecule has 164 valence electrons. The summed E-state index contributed by atoms with van der Waals surface area (Å²) in [6.07, 6.45) is 0. The van der Waals surface area contributed by atoms with Crippen LogP contribution in [0.1, 0.15) is 22.3 Å². The van der Waals surface area contributed by atoms with Gasteiger partial charge in [0, 0.05) is 18.2 Å². The second kappa shape index (κ2) is 11.3. The summed E-state index contributed by atoms with van der Waals surface area (Å²) in [5.74, 6) is 1.08. The molecule has 0 saturated heterocycles. The van der Waals surface area contributed by atoms with Crippen molar-refractivity contribution in [2.75, 3.05) is 0 Å². The first-order chi connectivity index (χ1) is 15.2. The van der Waals surface area contributed by atoms with Crippen molar-refractivity contribution in [3.8, 4) is 22.9 Å². The highest BCUT2D eigenvalue weighted by Crippen LogP contribution is 2.34. The van der Waals surface area contributed by atoms with Gasteiger partial charge in [0.15, 0.2) is 0 Å². The van der Waals surface area contributed by atoms with Crippen LogP contribution in [0.15, 0.2) is 91.0 Å². The largest absolute Gasteiger partial charge is 0.473 e. The number of aryl methyl sites for hydroxylation is 1. The molecule has 0 radical (unpaired) electrons. The Morgan fingerprint density at radius 2 is 1.31 bits per heavy atom. The third-order valence-corrected chi connectivity index (χ3v) is 5.11. The van der Waals surface area contributed by atoms with Crippen molar-refractivity contribution in [3.05, 3.63) is 113 Å². The summed E-state index contributed by atoms with van der Waals surface area (Å²) in [6, 6.07) is 30.3. The van der Waals surface area contributed by atoms with E-state index in [2.05, 4.69) is 19.1 Å². The zero-order chi connectivity index (χ0) is 21.5. The van der Waals surface area contributed by atoms with Crippen LogP contribution in [-0.4, -0.2) is 4.98 Å². The van der Waals surface area contributed by atoms with Gasteiger partial charge in [-0.1, -0.05) is 72.8 Å². The fourth-order valence-electron chi connectivity index (χ4n) is 3.36. The Morgan fingerprint density at radius 1 is 0.688 bits per heavy atom. The van der Waals surface area contributed by atoms with Crippen LogP contribution >= 0.6 is 12.4 Å². The highest BCUT2D eigenvalue weighted by molar-refractivity contribution is 5.85. The van der Waals surface area contributed by atoms with E-state index in [1.54, 1.807) is 0 Å². The van der Waals surface area contributed by atoms with Crippen molar-refractivity contribution in [2.24, 2.45) is 5.73 Å². The van der Waals surface area contributed by atoms with Crippen molar-refractivity contribution in [2.45, 2.75) is 26.7 Å². The third kappa shape index (κ3) is 5.88. The van der Waals surface area contributed by atoms with Crippen molar-refractivity contribution >= 4 is 12.4 Å². The van der Waals surface area contributed by atoms with E-state index in [9.17, 15) is 0 Å². The summed E-state index contributed by atoms with van der Waals surface area (Å²) in [6.45, 7) is 3.45. The van der Waals surface area contributed by atoms with E-state index < -0.39 is 0 Å². The minimum absolute atomic E-state index is 0. The van der Waals surface area contributed by atoms with Gasteiger partial charge < -0.3 is 15.2 Å². The van der Waals surface area contributed by atoms with Gasteiger partial charge in [0.1, 0.15) is 13.2 Å². The maximum atomic E-state index is 6.18. The highest BCUT2D eigenvalue weighted by atomic mass is 35.5. The monoisotopic (exact) mass is 446 g/mol. The van der Waals surface area contributed by atoms with Crippen molar-refractivity contribution in [1.29, 1.82) is 0 Å². The Bertz CT molecular complexity index is 1130. The predicted octanol–water partition coefficient (Wildman–Crippen LogP) is 6.10. The van der Waals surface area contributed by atoms with E-state index in [-0.39, 0.29) is 12.4 Å². The Morgan fingerprint density at radius 3 is 1.94 bits per heavy atom. The lowest BCUT2D eigenvalue weighted by Gasteiger charge is -2.15. The zero-order valence-corrected chi connectivity index (χ0v) is 18.8. The van der Waals surface area contributed by atoms with Gasteiger partial charge in [0.25, 0.3) is 0 Å². The molecule has 0 saturated carbocycles. The Hall–Kier alpha value is -3.34. The van der Waals surface area contributed by atoms with Gasteiger partial charge >= 0.3 is 0 Å². The molecule has 0 amide bonds. The number of hydrogen-bond donors (Lipinski definition) is 1. The molecule has 0 bridgehead atoms. The Balaban J connectivity index is 0.00000289. The third-order valence-electron chi connectivity index (χ3n) is 5.11. The number of aromatic nitrogens is 1. The molecule has 0 aliphatic heterocycles. The molecule has 0 aliphatic carbocycles. The van der Waals surface area contributed by atoms with Gasteiger partial charge in [-0.25, -0.2) is 0 Å². The average molecular weight is 447 g/mol. The number of rotatable bonds is 8. The Labute approximate surface area is 195 Å². The molecular formula is C27H27ClN2O2. The second-order valence-electron chi connectivity index (χ2n) is 7.40. The van der Waals surface area contributed by atoms with Crippen LogP contribution in [0.3, 0.4) is 0 Å². The minimum atomic E-state index is 0. The van der Waals surface area contributed by atoms with E-state index in [0.29, 0.717) is 31.5 Å². The lowest BCUT2D eigenvalue weighted by molar-refractivity contribution is 0.268. The number of ether oxygens (including phenoxy) is 2. The van der Waals surface area contributed by atoms with Crippen LogP contribution in [0.5, 0.6) is 11.8 Å². The number of benzene rings is 3. The van der Waals surface area contributed by atoms with Gasteiger partial charge in [0.2, 0.25) is 11.8 Å². The lowest BCUT2D eigenvalue weighted by atomic mass is 9.99. The first-order valence-corrected chi connectivity index (χ1v) is 10.4. The van der Waals surface area contributed by atoms with Crippen LogP contribution in [0, 0.1) is 6.92 Å². The van der Waals surface area contributed by atoms with Crippen LogP contribution in [0.25, 0.3) is 11.1 Å². The molecule has 0 atom stereocenters. The summed E-state index contributed by atoms with van der Waals surface area (Å²) >= 11 is 0. The van der Waals surface area contributed by atoms with Gasteiger partial charge in [-0.05, 0) is 46.9 Å². The molecule has 0 unspecified atom stereocenters. The molecule has 1 aromatic heterocycles. The van der Waals surface area contributed by atoms with Crippen LogP contribution < -0.4 is 15.2 Å². The topological polar surface area (TPSA) is 57.4 Å². The normalized spacial score (nSPS) is 10.3. The molecule has 32 heavy (non-hydrogen) atoms. The van der Waals surface area contributed by atoms with Crippen LogP contribution in [0.4, 0.5) is 0 Å². The fraction of sp³-hybridized carbons (Fsp3) is 0.148. The molecule has 4 rings (SSSR count). The quantitative estimate of drug-likeness (QED) is 0.355. The molecular weight excluding hydrogens is 420 g/mol. The Kier molecular flexibility index (Phi) is 8.26. The summed E-state index contributed by atoms with van der Waals surface area (Å²) in [7, 11) is 0. The zero-order valence-electron chi connectivity index (χ0n) is 18.0. The number of nitrogens with zero attached hydrogens (tertiary/aromatic N) is 1. The van der Waals surface area contributed by atoms with Crippen molar-refractivity contribution < 1.29 is 9.47 Å². The molecule has 1 heterocycles. The van der Waals surface area contributed by atoms with E-state index in [1.807, 2.05) is 78.9 Å². The van der Waals surface area contributed by atoms with E-state index in [4.69, 9.17) is 20.2 Å². The number of nitrogens with two attached hydrogens (primary N) is 1. The maximum absolute atomic E-state index is 6.18. The molecule has 0 fully saturated rings. The number of hydrogen-bond acceptors (Lipinski definition) is 4. The first-order valence-electron chi connectivity index (χ1n) is 10.4. The fourth-order valence-corrected chi connectivity index (χ4v) is 3.36. The predicted molar refractivity (Wildman–Crippen MR) is 131 cm³/mol. The van der Waals surface area contributed by atoms with Gasteiger partial charge in [-0.15, -0.1) is 12.4 Å². The number of pyridine rings is 1.